The molecule has 112 valence electrons. The predicted octanol–water partition coefficient (Wildman–Crippen LogP) is 4.92. The van der Waals surface area contributed by atoms with Gasteiger partial charge in [-0.05, 0) is 32.6 Å². The van der Waals surface area contributed by atoms with E-state index in [9.17, 15) is 4.79 Å². The smallest absolute Gasteiger partial charge is 0.222 e. The fraction of sp³-hybridized carbons (Fsp3) is 0.941. The van der Waals surface area contributed by atoms with Crippen molar-refractivity contribution in [2.45, 2.75) is 96.9 Å². The zero-order valence-electron chi connectivity index (χ0n) is 13.1. The number of piperidine rings is 1. The molecule has 0 radical (unpaired) electrons. The summed E-state index contributed by atoms with van der Waals surface area (Å²) in [4.78, 5) is 14.2. The Hall–Kier alpha value is -0.530. The van der Waals surface area contributed by atoms with Gasteiger partial charge in [0.2, 0.25) is 5.91 Å². The van der Waals surface area contributed by atoms with Crippen LogP contribution in [0.1, 0.15) is 90.9 Å². The fourth-order valence-electron chi connectivity index (χ4n) is 3.02. The molecule has 2 nitrogen and oxygen atoms in total. The van der Waals surface area contributed by atoms with Crippen LogP contribution in [0.25, 0.3) is 0 Å². The Balaban J connectivity index is 1.98. The van der Waals surface area contributed by atoms with Crippen LogP contribution in [0.2, 0.25) is 0 Å². The molecule has 0 bridgehead atoms. The van der Waals surface area contributed by atoms with Gasteiger partial charge in [0, 0.05) is 19.0 Å². The van der Waals surface area contributed by atoms with E-state index < -0.39 is 0 Å². The Morgan fingerprint density at radius 1 is 1.00 bits per heavy atom. The van der Waals surface area contributed by atoms with E-state index in [2.05, 4.69) is 18.7 Å². The first-order valence-electron chi connectivity index (χ1n) is 8.55. The van der Waals surface area contributed by atoms with E-state index in [-0.39, 0.29) is 0 Å². The lowest BCUT2D eigenvalue weighted by molar-refractivity contribution is -0.134. The molecule has 0 aromatic carbocycles. The zero-order valence-corrected chi connectivity index (χ0v) is 13.1. The van der Waals surface area contributed by atoms with Crippen molar-refractivity contribution < 1.29 is 4.79 Å². The lowest BCUT2D eigenvalue weighted by Gasteiger charge is -2.33. The van der Waals surface area contributed by atoms with Gasteiger partial charge in [-0.2, -0.15) is 0 Å². The number of carbonyl (C=O) groups excluding carboxylic acids is 1. The summed E-state index contributed by atoms with van der Waals surface area (Å²) in [5.74, 6) is 0.401. The third-order valence-corrected chi connectivity index (χ3v) is 4.37. The lowest BCUT2D eigenvalue weighted by atomic mass is 10.0. The van der Waals surface area contributed by atoms with Crippen molar-refractivity contribution in [3.05, 3.63) is 0 Å². The van der Waals surface area contributed by atoms with E-state index in [4.69, 9.17) is 0 Å². The van der Waals surface area contributed by atoms with Crippen LogP contribution in [0.3, 0.4) is 0 Å². The SMILES string of the molecule is CCCCCCCCCCC(=O)N1CCCCC1C. The molecule has 1 amide bonds. The van der Waals surface area contributed by atoms with E-state index in [0.717, 1.165) is 19.4 Å². The normalized spacial score (nSPS) is 19.7. The fourth-order valence-corrected chi connectivity index (χ4v) is 3.02. The molecule has 0 saturated carbocycles. The zero-order chi connectivity index (χ0) is 13.9. The molecule has 0 aromatic heterocycles. The molecule has 0 N–H and O–H groups in total. The highest BCUT2D eigenvalue weighted by molar-refractivity contribution is 5.76. The average Bonchev–Trinajstić information content (AvgIpc) is 2.42. The average molecular weight is 267 g/mol. The van der Waals surface area contributed by atoms with Gasteiger partial charge in [0.25, 0.3) is 0 Å². The van der Waals surface area contributed by atoms with Crippen molar-refractivity contribution in [3.63, 3.8) is 0 Å². The van der Waals surface area contributed by atoms with Crippen LogP contribution in [0, 0.1) is 0 Å². The highest BCUT2D eigenvalue weighted by Crippen LogP contribution is 2.18. The molecular weight excluding hydrogens is 234 g/mol. The summed E-state index contributed by atoms with van der Waals surface area (Å²) in [6.45, 7) is 5.45. The molecule has 2 heteroatoms. The topological polar surface area (TPSA) is 20.3 Å². The van der Waals surface area contributed by atoms with Crippen molar-refractivity contribution in [3.8, 4) is 0 Å². The minimum atomic E-state index is 0.401. The second kappa shape index (κ2) is 10.3. The monoisotopic (exact) mass is 267 g/mol. The first-order chi connectivity index (χ1) is 9.25. The molecule has 0 aromatic rings. The summed E-state index contributed by atoms with van der Waals surface area (Å²) >= 11 is 0. The highest BCUT2D eigenvalue weighted by Gasteiger charge is 2.22. The summed E-state index contributed by atoms with van der Waals surface area (Å²) in [5.41, 5.74) is 0. The van der Waals surface area contributed by atoms with Crippen LogP contribution in [0.5, 0.6) is 0 Å². The number of hydrogen-bond acceptors (Lipinski definition) is 1. The number of unbranched alkanes of at least 4 members (excludes halogenated alkanes) is 7. The van der Waals surface area contributed by atoms with Gasteiger partial charge in [-0.3, -0.25) is 4.79 Å². The Kier molecular flexibility index (Phi) is 8.94. The standard InChI is InChI=1S/C17H33NO/c1-3-4-5-6-7-8-9-10-14-17(19)18-15-12-11-13-16(18)2/h16H,3-15H2,1-2H3. The van der Waals surface area contributed by atoms with Crippen molar-refractivity contribution in [2.24, 2.45) is 0 Å². The molecule has 1 unspecified atom stereocenters. The number of hydrogen-bond donors (Lipinski definition) is 0. The Labute approximate surface area is 119 Å². The van der Waals surface area contributed by atoms with E-state index in [1.54, 1.807) is 0 Å². The Morgan fingerprint density at radius 2 is 1.63 bits per heavy atom. The van der Waals surface area contributed by atoms with Crippen molar-refractivity contribution >= 4 is 5.91 Å². The molecule has 1 atom stereocenters. The molecular formula is C17H33NO. The van der Waals surface area contributed by atoms with E-state index >= 15 is 0 Å². The molecule has 1 fully saturated rings. The minimum absolute atomic E-state index is 0.401. The van der Waals surface area contributed by atoms with Gasteiger partial charge >= 0.3 is 0 Å². The lowest BCUT2D eigenvalue weighted by Crippen LogP contribution is -2.41. The maximum atomic E-state index is 12.1. The largest absolute Gasteiger partial charge is 0.340 e. The Morgan fingerprint density at radius 3 is 2.26 bits per heavy atom. The molecule has 0 spiro atoms. The van der Waals surface area contributed by atoms with Gasteiger partial charge in [-0.25, -0.2) is 0 Å². The molecule has 0 aliphatic carbocycles. The molecule has 1 saturated heterocycles. The van der Waals surface area contributed by atoms with Crippen LogP contribution >= 0.6 is 0 Å². The molecule has 1 aliphatic heterocycles. The summed E-state index contributed by atoms with van der Waals surface area (Å²) in [7, 11) is 0. The summed E-state index contributed by atoms with van der Waals surface area (Å²) in [5, 5.41) is 0. The summed E-state index contributed by atoms with van der Waals surface area (Å²) in [6, 6.07) is 0.482. The van der Waals surface area contributed by atoms with Gasteiger partial charge in [0.15, 0.2) is 0 Å². The number of nitrogens with zero attached hydrogens (tertiary/aromatic N) is 1. The van der Waals surface area contributed by atoms with Crippen LogP contribution in [0.4, 0.5) is 0 Å². The minimum Gasteiger partial charge on any atom is -0.340 e. The van der Waals surface area contributed by atoms with Crippen LogP contribution in [-0.4, -0.2) is 23.4 Å². The molecule has 1 aliphatic rings. The third kappa shape index (κ3) is 6.98. The van der Waals surface area contributed by atoms with Gasteiger partial charge in [-0.1, -0.05) is 51.9 Å². The molecule has 1 rings (SSSR count). The van der Waals surface area contributed by atoms with Crippen molar-refractivity contribution in [1.29, 1.82) is 0 Å². The quantitative estimate of drug-likeness (QED) is 0.543. The first-order valence-corrected chi connectivity index (χ1v) is 8.55. The summed E-state index contributed by atoms with van der Waals surface area (Å²) in [6.07, 6.45) is 14.9. The van der Waals surface area contributed by atoms with Gasteiger partial charge in [-0.15, -0.1) is 0 Å². The summed E-state index contributed by atoms with van der Waals surface area (Å²) < 4.78 is 0. The molecule has 19 heavy (non-hydrogen) atoms. The number of rotatable bonds is 9. The van der Waals surface area contributed by atoms with Crippen LogP contribution in [-0.2, 0) is 4.79 Å². The molecule has 1 heterocycles. The first kappa shape index (κ1) is 16.5. The number of carbonyl (C=O) groups is 1. The van der Waals surface area contributed by atoms with Gasteiger partial charge in [0.1, 0.15) is 0 Å². The van der Waals surface area contributed by atoms with Crippen LogP contribution < -0.4 is 0 Å². The van der Waals surface area contributed by atoms with Gasteiger partial charge < -0.3 is 4.90 Å². The van der Waals surface area contributed by atoms with E-state index in [1.165, 1.54) is 64.2 Å². The highest BCUT2D eigenvalue weighted by atomic mass is 16.2. The maximum Gasteiger partial charge on any atom is 0.222 e. The second-order valence-corrected chi connectivity index (χ2v) is 6.16. The predicted molar refractivity (Wildman–Crippen MR) is 82.3 cm³/mol. The van der Waals surface area contributed by atoms with Crippen LogP contribution in [0.15, 0.2) is 0 Å². The third-order valence-electron chi connectivity index (χ3n) is 4.37. The second-order valence-electron chi connectivity index (χ2n) is 6.16. The van der Waals surface area contributed by atoms with Crippen molar-refractivity contribution in [1.82, 2.24) is 4.90 Å². The van der Waals surface area contributed by atoms with Crippen molar-refractivity contribution in [2.75, 3.05) is 6.54 Å². The van der Waals surface area contributed by atoms with E-state index in [0.29, 0.717) is 11.9 Å². The number of likely N-dealkylation sites (tertiary alicyclic amines) is 1. The van der Waals surface area contributed by atoms with Gasteiger partial charge in [0.05, 0.1) is 0 Å². The maximum absolute atomic E-state index is 12.1. The number of amides is 1. The van der Waals surface area contributed by atoms with E-state index in [1.807, 2.05) is 0 Å². The Bertz CT molecular complexity index is 239.